The van der Waals surface area contributed by atoms with E-state index in [9.17, 15) is 14.0 Å². The molecule has 2 N–H and O–H groups in total. The zero-order valence-corrected chi connectivity index (χ0v) is 16.9. The van der Waals surface area contributed by atoms with Crippen LogP contribution in [-0.4, -0.2) is 31.6 Å². The topological polar surface area (TPSA) is 76.7 Å². The SMILES string of the molecule is CC(=O)Nc1ccc(F)c(C(=O)NCC2(c3ccc4c(c3)OCCO4)CCCC2)c1. The molecule has 4 rings (SSSR count). The zero-order chi connectivity index (χ0) is 21.1. The van der Waals surface area contributed by atoms with Crippen molar-refractivity contribution in [2.45, 2.75) is 38.0 Å². The maximum absolute atomic E-state index is 14.3. The van der Waals surface area contributed by atoms with E-state index in [0.29, 0.717) is 25.4 Å². The first-order chi connectivity index (χ1) is 14.5. The van der Waals surface area contributed by atoms with Crippen LogP contribution in [0.1, 0.15) is 48.5 Å². The number of hydrogen-bond acceptors (Lipinski definition) is 4. The highest BCUT2D eigenvalue weighted by molar-refractivity contribution is 5.97. The van der Waals surface area contributed by atoms with Gasteiger partial charge in [-0.25, -0.2) is 4.39 Å². The van der Waals surface area contributed by atoms with E-state index in [1.807, 2.05) is 18.2 Å². The maximum Gasteiger partial charge on any atom is 0.254 e. The van der Waals surface area contributed by atoms with Crippen LogP contribution < -0.4 is 20.1 Å². The number of carbonyl (C=O) groups is 2. The minimum Gasteiger partial charge on any atom is -0.486 e. The summed E-state index contributed by atoms with van der Waals surface area (Å²) in [5, 5.41) is 5.49. The van der Waals surface area contributed by atoms with Gasteiger partial charge in [-0.2, -0.15) is 0 Å². The molecule has 2 aromatic carbocycles. The summed E-state index contributed by atoms with van der Waals surface area (Å²) in [5.41, 5.74) is 1.17. The largest absolute Gasteiger partial charge is 0.486 e. The van der Waals surface area contributed by atoms with Crippen LogP contribution in [-0.2, 0) is 10.2 Å². The Balaban J connectivity index is 1.53. The summed E-state index contributed by atoms with van der Waals surface area (Å²) in [7, 11) is 0. The van der Waals surface area contributed by atoms with Crippen LogP contribution in [0.5, 0.6) is 11.5 Å². The van der Waals surface area contributed by atoms with Crippen molar-refractivity contribution in [3.05, 3.63) is 53.3 Å². The third-order valence-electron chi connectivity index (χ3n) is 5.83. The molecule has 158 valence electrons. The predicted molar refractivity (Wildman–Crippen MR) is 111 cm³/mol. The molecule has 0 atom stereocenters. The number of fused-ring (bicyclic) bond motifs is 1. The van der Waals surface area contributed by atoms with Crippen LogP contribution in [0.25, 0.3) is 0 Å². The summed E-state index contributed by atoms with van der Waals surface area (Å²) in [6.07, 6.45) is 4.00. The highest BCUT2D eigenvalue weighted by Crippen LogP contribution is 2.43. The first kappa shape index (κ1) is 20.2. The second kappa shape index (κ2) is 8.34. The number of anilines is 1. The van der Waals surface area contributed by atoms with Crippen molar-refractivity contribution in [3.63, 3.8) is 0 Å². The molecule has 6 nitrogen and oxygen atoms in total. The Bertz CT molecular complexity index is 970. The van der Waals surface area contributed by atoms with Crippen molar-refractivity contribution in [2.24, 2.45) is 0 Å². The first-order valence-corrected chi connectivity index (χ1v) is 10.2. The Morgan fingerprint density at radius 3 is 2.50 bits per heavy atom. The Morgan fingerprint density at radius 1 is 1.03 bits per heavy atom. The van der Waals surface area contributed by atoms with Gasteiger partial charge in [-0.3, -0.25) is 9.59 Å². The van der Waals surface area contributed by atoms with E-state index in [2.05, 4.69) is 10.6 Å². The number of nitrogens with one attached hydrogen (secondary N) is 2. The molecule has 2 amide bonds. The highest BCUT2D eigenvalue weighted by atomic mass is 19.1. The molecular weight excluding hydrogens is 387 g/mol. The Morgan fingerprint density at radius 2 is 1.77 bits per heavy atom. The van der Waals surface area contributed by atoms with Crippen LogP contribution in [0.15, 0.2) is 36.4 Å². The molecule has 7 heteroatoms. The minimum absolute atomic E-state index is 0.0865. The number of hydrogen-bond donors (Lipinski definition) is 2. The van der Waals surface area contributed by atoms with Gasteiger partial charge in [0.1, 0.15) is 19.0 Å². The summed E-state index contributed by atoms with van der Waals surface area (Å²) in [6, 6.07) is 9.93. The normalized spacial score (nSPS) is 16.7. The highest BCUT2D eigenvalue weighted by Gasteiger charge is 2.37. The monoisotopic (exact) mass is 412 g/mol. The third kappa shape index (κ3) is 4.10. The molecule has 0 unspecified atom stereocenters. The molecule has 30 heavy (non-hydrogen) atoms. The number of amides is 2. The molecule has 2 aromatic rings. The lowest BCUT2D eigenvalue weighted by atomic mass is 9.78. The lowest BCUT2D eigenvalue weighted by Gasteiger charge is -2.31. The van der Waals surface area contributed by atoms with Crippen LogP contribution >= 0.6 is 0 Å². The molecule has 0 saturated heterocycles. The Hall–Kier alpha value is -3.09. The molecule has 0 aromatic heterocycles. The van der Waals surface area contributed by atoms with Gasteiger partial charge in [0.2, 0.25) is 5.91 Å². The fraction of sp³-hybridized carbons (Fsp3) is 0.391. The standard InChI is InChI=1S/C23H25FN2O4/c1-15(27)26-17-5-6-19(24)18(13-17)22(28)25-14-23(8-2-3-9-23)16-4-7-20-21(12-16)30-11-10-29-20/h4-7,12-13H,2-3,8-11,14H2,1H3,(H,25,28)(H,26,27). The quantitative estimate of drug-likeness (QED) is 0.783. The second-order valence-electron chi connectivity index (χ2n) is 7.90. The lowest BCUT2D eigenvalue weighted by molar-refractivity contribution is -0.114. The molecule has 1 saturated carbocycles. The second-order valence-corrected chi connectivity index (χ2v) is 7.90. The van der Waals surface area contributed by atoms with E-state index in [-0.39, 0.29) is 16.9 Å². The van der Waals surface area contributed by atoms with Crippen LogP contribution in [0, 0.1) is 5.82 Å². The van der Waals surface area contributed by atoms with Gasteiger partial charge in [0.15, 0.2) is 11.5 Å². The predicted octanol–water partition coefficient (Wildman–Crippen LogP) is 3.80. The van der Waals surface area contributed by atoms with E-state index >= 15 is 0 Å². The van der Waals surface area contributed by atoms with Gasteiger partial charge in [0, 0.05) is 24.6 Å². The summed E-state index contributed by atoms with van der Waals surface area (Å²) >= 11 is 0. The van der Waals surface area contributed by atoms with E-state index in [1.54, 1.807) is 0 Å². The average Bonchev–Trinajstić information content (AvgIpc) is 3.23. The van der Waals surface area contributed by atoms with Crippen LogP contribution in [0.2, 0.25) is 0 Å². The van der Waals surface area contributed by atoms with E-state index in [4.69, 9.17) is 9.47 Å². The smallest absolute Gasteiger partial charge is 0.254 e. The Kier molecular flexibility index (Phi) is 5.61. The molecule has 0 bridgehead atoms. The van der Waals surface area contributed by atoms with Gasteiger partial charge in [-0.05, 0) is 48.7 Å². The van der Waals surface area contributed by atoms with Gasteiger partial charge >= 0.3 is 0 Å². The van der Waals surface area contributed by atoms with Crippen LogP contribution in [0.4, 0.5) is 10.1 Å². The number of rotatable bonds is 5. The van der Waals surface area contributed by atoms with Crippen molar-refractivity contribution < 1.29 is 23.5 Å². The molecular formula is C23H25FN2O4. The molecule has 2 aliphatic rings. The molecule has 1 fully saturated rings. The van der Waals surface area contributed by atoms with E-state index in [1.165, 1.54) is 25.1 Å². The van der Waals surface area contributed by atoms with E-state index < -0.39 is 11.7 Å². The zero-order valence-electron chi connectivity index (χ0n) is 16.9. The van der Waals surface area contributed by atoms with Gasteiger partial charge < -0.3 is 20.1 Å². The fourth-order valence-corrected chi connectivity index (χ4v) is 4.32. The van der Waals surface area contributed by atoms with Gasteiger partial charge in [0.25, 0.3) is 5.91 Å². The number of carbonyl (C=O) groups excluding carboxylic acids is 2. The first-order valence-electron chi connectivity index (χ1n) is 10.2. The molecule has 0 spiro atoms. The average molecular weight is 412 g/mol. The van der Waals surface area contributed by atoms with Crippen molar-refractivity contribution in [2.75, 3.05) is 25.1 Å². The number of benzene rings is 2. The number of ether oxygens (including phenoxy) is 2. The van der Waals surface area contributed by atoms with Crippen molar-refractivity contribution in [3.8, 4) is 11.5 Å². The number of halogens is 1. The van der Waals surface area contributed by atoms with Gasteiger partial charge in [0.05, 0.1) is 5.56 Å². The summed E-state index contributed by atoms with van der Waals surface area (Å²) in [5.74, 6) is 0.0610. The molecule has 1 heterocycles. The molecule has 1 aliphatic heterocycles. The van der Waals surface area contributed by atoms with Gasteiger partial charge in [-0.15, -0.1) is 0 Å². The third-order valence-corrected chi connectivity index (χ3v) is 5.83. The molecule has 1 aliphatic carbocycles. The lowest BCUT2D eigenvalue weighted by Crippen LogP contribution is -2.39. The van der Waals surface area contributed by atoms with Crippen molar-refractivity contribution >= 4 is 17.5 Å². The summed E-state index contributed by atoms with van der Waals surface area (Å²) in [4.78, 5) is 24.0. The summed E-state index contributed by atoms with van der Waals surface area (Å²) < 4.78 is 25.6. The van der Waals surface area contributed by atoms with E-state index in [0.717, 1.165) is 42.7 Å². The maximum atomic E-state index is 14.3. The minimum atomic E-state index is -0.624. The van der Waals surface area contributed by atoms with Crippen LogP contribution in [0.3, 0.4) is 0 Å². The Labute approximate surface area is 174 Å². The van der Waals surface area contributed by atoms with Crippen molar-refractivity contribution in [1.29, 1.82) is 0 Å². The molecule has 0 radical (unpaired) electrons. The summed E-state index contributed by atoms with van der Waals surface area (Å²) in [6.45, 7) is 2.82. The van der Waals surface area contributed by atoms with Gasteiger partial charge in [-0.1, -0.05) is 18.9 Å². The fourth-order valence-electron chi connectivity index (χ4n) is 4.32. The van der Waals surface area contributed by atoms with Crippen molar-refractivity contribution in [1.82, 2.24) is 5.32 Å².